The number of nitrogens with two attached hydrogens (primary N) is 1. The topological polar surface area (TPSA) is 43.8 Å². The van der Waals surface area contributed by atoms with Crippen molar-refractivity contribution in [2.24, 2.45) is 0 Å². The molecule has 3 nitrogen and oxygen atoms in total. The predicted molar refractivity (Wildman–Crippen MR) is 74.4 cm³/mol. The number of halogens is 1. The quantitative estimate of drug-likeness (QED) is 0.882. The maximum atomic E-state index is 6.04. The molecular formula is C13H16BrN3. The Kier molecular flexibility index (Phi) is 3.52. The first kappa shape index (κ1) is 12.2. The maximum Gasteiger partial charge on any atom is 0.0878 e. The number of aromatic nitrogens is 2. The molecule has 17 heavy (non-hydrogen) atoms. The molecule has 0 aliphatic rings. The van der Waals surface area contributed by atoms with E-state index in [1.807, 2.05) is 22.9 Å². The number of nitrogen functional groups attached to an aromatic ring is 1. The molecule has 2 aromatic rings. The fourth-order valence-electron chi connectivity index (χ4n) is 1.83. The molecule has 0 atom stereocenters. The van der Waals surface area contributed by atoms with E-state index in [2.05, 4.69) is 40.9 Å². The first-order chi connectivity index (χ1) is 8.15. The van der Waals surface area contributed by atoms with Crippen LogP contribution < -0.4 is 5.73 Å². The number of hydrogen-bond acceptors (Lipinski definition) is 2. The second-order valence-electron chi connectivity index (χ2n) is 3.95. The van der Waals surface area contributed by atoms with Gasteiger partial charge in [-0.15, -0.1) is 0 Å². The van der Waals surface area contributed by atoms with E-state index in [1.165, 1.54) is 5.69 Å². The summed E-state index contributed by atoms with van der Waals surface area (Å²) >= 11 is 3.41. The summed E-state index contributed by atoms with van der Waals surface area (Å²) in [5.74, 6) is 0. The number of nitrogens with zero attached hydrogens (tertiary/aromatic N) is 2. The van der Waals surface area contributed by atoms with Crippen molar-refractivity contribution < 1.29 is 0 Å². The highest BCUT2D eigenvalue weighted by Gasteiger charge is 2.09. The van der Waals surface area contributed by atoms with Crippen LogP contribution in [0.2, 0.25) is 0 Å². The first-order valence-corrected chi connectivity index (χ1v) is 6.58. The van der Waals surface area contributed by atoms with Gasteiger partial charge in [-0.05, 0) is 37.1 Å². The van der Waals surface area contributed by atoms with E-state index in [9.17, 15) is 0 Å². The van der Waals surface area contributed by atoms with Crippen LogP contribution in [0.3, 0.4) is 0 Å². The van der Waals surface area contributed by atoms with Crippen LogP contribution in [0.1, 0.15) is 25.2 Å². The van der Waals surface area contributed by atoms with Gasteiger partial charge in [-0.25, -0.2) is 4.68 Å². The standard InChI is InChI=1S/C13H16BrN3/c1-3-10-8-11(4-2)17(16-10)13-6-5-9(14)7-12(13)15/h5-8H,3-4,15H2,1-2H3. The Bertz CT molecular complexity index is 531. The summed E-state index contributed by atoms with van der Waals surface area (Å²) in [5.41, 5.74) is 10.0. The summed E-state index contributed by atoms with van der Waals surface area (Å²) in [7, 11) is 0. The van der Waals surface area contributed by atoms with Gasteiger partial charge in [0.2, 0.25) is 0 Å². The van der Waals surface area contributed by atoms with Crippen molar-refractivity contribution in [2.45, 2.75) is 26.7 Å². The highest BCUT2D eigenvalue weighted by Crippen LogP contribution is 2.23. The molecule has 0 aliphatic heterocycles. The van der Waals surface area contributed by atoms with Crippen molar-refractivity contribution in [3.05, 3.63) is 40.1 Å². The van der Waals surface area contributed by atoms with Crippen LogP contribution in [0.25, 0.3) is 5.69 Å². The van der Waals surface area contributed by atoms with Gasteiger partial charge in [0.25, 0.3) is 0 Å². The van der Waals surface area contributed by atoms with Crippen molar-refractivity contribution in [3.63, 3.8) is 0 Å². The molecule has 0 fully saturated rings. The normalized spacial score (nSPS) is 10.8. The molecule has 0 radical (unpaired) electrons. The van der Waals surface area contributed by atoms with Crippen molar-refractivity contribution in [1.29, 1.82) is 0 Å². The third-order valence-corrected chi connectivity index (χ3v) is 3.27. The molecule has 1 aromatic carbocycles. The molecule has 0 aliphatic carbocycles. The van der Waals surface area contributed by atoms with Gasteiger partial charge < -0.3 is 5.73 Å². The summed E-state index contributed by atoms with van der Waals surface area (Å²) in [6, 6.07) is 8.02. The molecule has 0 unspecified atom stereocenters. The van der Waals surface area contributed by atoms with Gasteiger partial charge in [-0.2, -0.15) is 5.10 Å². The number of rotatable bonds is 3. The Labute approximate surface area is 110 Å². The van der Waals surface area contributed by atoms with Crippen molar-refractivity contribution >= 4 is 21.6 Å². The Balaban J connectivity index is 2.55. The number of hydrogen-bond donors (Lipinski definition) is 1. The number of anilines is 1. The largest absolute Gasteiger partial charge is 0.397 e. The van der Waals surface area contributed by atoms with Crippen LogP contribution in [0, 0.1) is 0 Å². The lowest BCUT2D eigenvalue weighted by atomic mass is 10.2. The predicted octanol–water partition coefficient (Wildman–Crippen LogP) is 3.34. The van der Waals surface area contributed by atoms with Gasteiger partial charge in [0, 0.05) is 10.2 Å². The van der Waals surface area contributed by atoms with E-state index in [0.29, 0.717) is 0 Å². The average molecular weight is 294 g/mol. The minimum Gasteiger partial charge on any atom is -0.397 e. The zero-order valence-electron chi connectivity index (χ0n) is 10.1. The monoisotopic (exact) mass is 293 g/mol. The zero-order chi connectivity index (χ0) is 12.4. The molecule has 2 rings (SSSR count). The molecule has 0 spiro atoms. The van der Waals surface area contributed by atoms with Crippen LogP contribution in [0.5, 0.6) is 0 Å². The van der Waals surface area contributed by atoms with E-state index in [1.54, 1.807) is 0 Å². The molecule has 1 heterocycles. The average Bonchev–Trinajstić information content (AvgIpc) is 2.72. The molecular weight excluding hydrogens is 278 g/mol. The summed E-state index contributed by atoms with van der Waals surface area (Å²) in [6.07, 6.45) is 1.89. The van der Waals surface area contributed by atoms with Gasteiger partial charge in [-0.3, -0.25) is 0 Å². The summed E-state index contributed by atoms with van der Waals surface area (Å²) in [6.45, 7) is 4.24. The van der Waals surface area contributed by atoms with Crippen LogP contribution in [0.4, 0.5) is 5.69 Å². The highest BCUT2D eigenvalue weighted by molar-refractivity contribution is 9.10. The number of benzene rings is 1. The van der Waals surface area contributed by atoms with Gasteiger partial charge in [0.1, 0.15) is 0 Å². The lowest BCUT2D eigenvalue weighted by Crippen LogP contribution is -2.05. The molecule has 0 bridgehead atoms. The lowest BCUT2D eigenvalue weighted by molar-refractivity contribution is 0.796. The van der Waals surface area contributed by atoms with E-state index in [-0.39, 0.29) is 0 Å². The summed E-state index contributed by atoms with van der Waals surface area (Å²) in [4.78, 5) is 0. The fraction of sp³-hybridized carbons (Fsp3) is 0.308. The Morgan fingerprint density at radius 3 is 2.59 bits per heavy atom. The van der Waals surface area contributed by atoms with E-state index in [4.69, 9.17) is 5.73 Å². The Morgan fingerprint density at radius 1 is 1.24 bits per heavy atom. The maximum absolute atomic E-state index is 6.04. The van der Waals surface area contributed by atoms with Gasteiger partial charge in [-0.1, -0.05) is 29.8 Å². The zero-order valence-corrected chi connectivity index (χ0v) is 11.7. The van der Waals surface area contributed by atoms with Crippen molar-refractivity contribution in [2.75, 3.05) is 5.73 Å². The number of aryl methyl sites for hydroxylation is 2. The second kappa shape index (κ2) is 4.92. The molecule has 0 saturated carbocycles. The SMILES string of the molecule is CCc1cc(CC)n(-c2ccc(Br)cc2N)n1. The van der Waals surface area contributed by atoms with Gasteiger partial charge in [0.15, 0.2) is 0 Å². The van der Waals surface area contributed by atoms with Crippen molar-refractivity contribution in [1.82, 2.24) is 9.78 Å². The minimum atomic E-state index is 0.736. The van der Waals surface area contributed by atoms with Gasteiger partial charge >= 0.3 is 0 Å². The Hall–Kier alpha value is -1.29. The first-order valence-electron chi connectivity index (χ1n) is 5.79. The van der Waals surface area contributed by atoms with E-state index in [0.717, 1.165) is 34.4 Å². The third-order valence-electron chi connectivity index (χ3n) is 2.78. The lowest BCUT2D eigenvalue weighted by Gasteiger charge is -2.09. The van der Waals surface area contributed by atoms with Crippen LogP contribution in [-0.2, 0) is 12.8 Å². The smallest absolute Gasteiger partial charge is 0.0878 e. The van der Waals surface area contributed by atoms with Gasteiger partial charge in [0.05, 0.1) is 17.1 Å². The second-order valence-corrected chi connectivity index (χ2v) is 4.86. The third kappa shape index (κ3) is 2.36. The molecule has 2 N–H and O–H groups in total. The fourth-order valence-corrected chi connectivity index (χ4v) is 2.21. The molecule has 0 saturated heterocycles. The van der Waals surface area contributed by atoms with E-state index < -0.39 is 0 Å². The highest BCUT2D eigenvalue weighted by atomic mass is 79.9. The Morgan fingerprint density at radius 2 is 2.00 bits per heavy atom. The molecule has 4 heteroatoms. The molecule has 0 amide bonds. The van der Waals surface area contributed by atoms with Crippen molar-refractivity contribution in [3.8, 4) is 5.69 Å². The molecule has 90 valence electrons. The molecule has 1 aromatic heterocycles. The summed E-state index contributed by atoms with van der Waals surface area (Å²) in [5, 5.41) is 4.58. The minimum absolute atomic E-state index is 0.736. The summed E-state index contributed by atoms with van der Waals surface area (Å²) < 4.78 is 2.93. The van der Waals surface area contributed by atoms with Crippen LogP contribution >= 0.6 is 15.9 Å². The van der Waals surface area contributed by atoms with Crippen LogP contribution in [-0.4, -0.2) is 9.78 Å². The van der Waals surface area contributed by atoms with E-state index >= 15 is 0 Å². The van der Waals surface area contributed by atoms with Crippen LogP contribution in [0.15, 0.2) is 28.7 Å².